The van der Waals surface area contributed by atoms with Crippen LogP contribution in [0.3, 0.4) is 0 Å². The highest BCUT2D eigenvalue weighted by atomic mass is 16.5. The first kappa shape index (κ1) is 10.7. The van der Waals surface area contributed by atoms with Crippen LogP contribution in [-0.4, -0.2) is 17.2 Å². The maximum atomic E-state index is 10.6. The molecule has 0 aliphatic rings. The predicted octanol–water partition coefficient (Wildman–Crippen LogP) is 2.07. The second-order valence-electron chi connectivity index (χ2n) is 3.03. The summed E-state index contributed by atoms with van der Waals surface area (Å²) in [5, 5.41) is 8.73. The summed E-state index contributed by atoms with van der Waals surface area (Å²) >= 11 is 0. The molecular formula is C11H14O3. The SMILES string of the molecule is CCC(OCc1ccccc1)C(=O)O. The Bertz CT molecular complexity index is 282. The Hall–Kier alpha value is -1.35. The van der Waals surface area contributed by atoms with Crippen LogP contribution >= 0.6 is 0 Å². The number of benzene rings is 1. The van der Waals surface area contributed by atoms with E-state index in [2.05, 4.69) is 0 Å². The quantitative estimate of drug-likeness (QED) is 0.780. The van der Waals surface area contributed by atoms with E-state index < -0.39 is 12.1 Å². The summed E-state index contributed by atoms with van der Waals surface area (Å²) in [4.78, 5) is 10.6. The van der Waals surface area contributed by atoms with E-state index in [0.717, 1.165) is 5.56 Å². The Morgan fingerprint density at radius 3 is 2.57 bits per heavy atom. The molecule has 0 aliphatic heterocycles. The highest BCUT2D eigenvalue weighted by Crippen LogP contribution is 2.05. The third-order valence-electron chi connectivity index (χ3n) is 1.94. The van der Waals surface area contributed by atoms with Crippen molar-refractivity contribution in [2.45, 2.75) is 26.1 Å². The zero-order valence-corrected chi connectivity index (χ0v) is 8.14. The molecule has 0 amide bonds. The molecule has 0 saturated carbocycles. The molecule has 0 aromatic heterocycles. The number of rotatable bonds is 5. The lowest BCUT2D eigenvalue weighted by atomic mass is 10.2. The van der Waals surface area contributed by atoms with Crippen LogP contribution in [0, 0.1) is 0 Å². The van der Waals surface area contributed by atoms with E-state index in [4.69, 9.17) is 9.84 Å². The van der Waals surface area contributed by atoms with Gasteiger partial charge in [0.2, 0.25) is 0 Å². The predicted molar refractivity (Wildman–Crippen MR) is 52.9 cm³/mol. The summed E-state index contributed by atoms with van der Waals surface area (Å²) < 4.78 is 5.24. The van der Waals surface area contributed by atoms with Crippen molar-refractivity contribution in [3.05, 3.63) is 35.9 Å². The summed E-state index contributed by atoms with van der Waals surface area (Å²) in [7, 11) is 0. The summed E-state index contributed by atoms with van der Waals surface area (Å²) in [5.74, 6) is -0.900. The van der Waals surface area contributed by atoms with Gasteiger partial charge in [0.05, 0.1) is 6.61 Å². The lowest BCUT2D eigenvalue weighted by molar-refractivity contribution is -0.151. The minimum Gasteiger partial charge on any atom is -0.479 e. The van der Waals surface area contributed by atoms with Gasteiger partial charge in [-0.05, 0) is 12.0 Å². The molecule has 76 valence electrons. The monoisotopic (exact) mass is 194 g/mol. The van der Waals surface area contributed by atoms with Crippen LogP contribution in [0.2, 0.25) is 0 Å². The van der Waals surface area contributed by atoms with Gasteiger partial charge in [0.1, 0.15) is 0 Å². The van der Waals surface area contributed by atoms with Crippen molar-refractivity contribution in [2.24, 2.45) is 0 Å². The highest BCUT2D eigenvalue weighted by Gasteiger charge is 2.14. The summed E-state index contributed by atoms with van der Waals surface area (Å²) in [5.41, 5.74) is 0.993. The zero-order valence-electron chi connectivity index (χ0n) is 8.14. The summed E-state index contributed by atoms with van der Waals surface area (Å²) in [6, 6.07) is 9.54. The third-order valence-corrected chi connectivity index (χ3v) is 1.94. The van der Waals surface area contributed by atoms with Gasteiger partial charge in [0.15, 0.2) is 6.10 Å². The van der Waals surface area contributed by atoms with Crippen LogP contribution in [0.25, 0.3) is 0 Å². The van der Waals surface area contributed by atoms with Gasteiger partial charge in [-0.3, -0.25) is 0 Å². The molecule has 1 rings (SSSR count). The van der Waals surface area contributed by atoms with Crippen molar-refractivity contribution in [3.63, 3.8) is 0 Å². The second-order valence-corrected chi connectivity index (χ2v) is 3.03. The van der Waals surface area contributed by atoms with E-state index in [1.165, 1.54) is 0 Å². The molecule has 0 fully saturated rings. The number of carbonyl (C=O) groups is 1. The molecule has 3 nitrogen and oxygen atoms in total. The standard InChI is InChI=1S/C11H14O3/c1-2-10(11(12)13)14-8-9-6-4-3-5-7-9/h3-7,10H,2,8H2,1H3,(H,12,13). The minimum absolute atomic E-state index is 0.353. The van der Waals surface area contributed by atoms with Crippen LogP contribution in [0.4, 0.5) is 0 Å². The van der Waals surface area contributed by atoms with Crippen molar-refractivity contribution in [1.29, 1.82) is 0 Å². The normalized spacial score (nSPS) is 12.4. The molecule has 3 heteroatoms. The van der Waals surface area contributed by atoms with Crippen LogP contribution < -0.4 is 0 Å². The van der Waals surface area contributed by atoms with Crippen LogP contribution in [0.15, 0.2) is 30.3 Å². The van der Waals surface area contributed by atoms with Gasteiger partial charge in [-0.2, -0.15) is 0 Å². The molecule has 14 heavy (non-hydrogen) atoms. The van der Waals surface area contributed by atoms with Crippen LogP contribution in [0.1, 0.15) is 18.9 Å². The van der Waals surface area contributed by atoms with Gasteiger partial charge in [0.25, 0.3) is 0 Å². The van der Waals surface area contributed by atoms with Crippen molar-refractivity contribution >= 4 is 5.97 Å². The fourth-order valence-electron chi connectivity index (χ4n) is 1.13. The highest BCUT2D eigenvalue weighted by molar-refractivity contribution is 5.72. The number of hydrogen-bond donors (Lipinski definition) is 1. The fourth-order valence-corrected chi connectivity index (χ4v) is 1.13. The molecule has 1 atom stereocenters. The second kappa shape index (κ2) is 5.40. The zero-order chi connectivity index (χ0) is 10.4. The van der Waals surface area contributed by atoms with Gasteiger partial charge < -0.3 is 9.84 Å². The smallest absolute Gasteiger partial charge is 0.332 e. The van der Waals surface area contributed by atoms with Crippen LogP contribution in [0.5, 0.6) is 0 Å². The van der Waals surface area contributed by atoms with Gasteiger partial charge in [-0.1, -0.05) is 37.3 Å². The van der Waals surface area contributed by atoms with Crippen molar-refractivity contribution < 1.29 is 14.6 Å². The fraction of sp³-hybridized carbons (Fsp3) is 0.364. The lowest BCUT2D eigenvalue weighted by Gasteiger charge is -2.10. The third kappa shape index (κ3) is 3.18. The molecule has 0 aliphatic carbocycles. The molecule has 1 N–H and O–H groups in total. The van der Waals surface area contributed by atoms with Crippen molar-refractivity contribution in [3.8, 4) is 0 Å². The average molecular weight is 194 g/mol. The van der Waals surface area contributed by atoms with Gasteiger partial charge in [-0.15, -0.1) is 0 Å². The van der Waals surface area contributed by atoms with Crippen LogP contribution in [-0.2, 0) is 16.1 Å². The average Bonchev–Trinajstić information content (AvgIpc) is 2.20. The number of aliphatic carboxylic acids is 1. The first-order chi connectivity index (χ1) is 6.74. The molecule has 1 unspecified atom stereocenters. The number of hydrogen-bond acceptors (Lipinski definition) is 2. The number of carboxylic acids is 1. The largest absolute Gasteiger partial charge is 0.479 e. The lowest BCUT2D eigenvalue weighted by Crippen LogP contribution is -2.22. The maximum absolute atomic E-state index is 10.6. The number of carboxylic acid groups (broad SMARTS) is 1. The first-order valence-corrected chi connectivity index (χ1v) is 4.62. The molecule has 0 radical (unpaired) electrons. The first-order valence-electron chi connectivity index (χ1n) is 4.62. The molecule has 0 saturated heterocycles. The summed E-state index contributed by atoms with van der Waals surface area (Å²) in [6.45, 7) is 2.15. The molecular weight excluding hydrogens is 180 g/mol. The summed E-state index contributed by atoms with van der Waals surface area (Å²) in [6.07, 6.45) is -0.211. The van der Waals surface area contributed by atoms with Gasteiger partial charge in [-0.25, -0.2) is 4.79 Å². The topological polar surface area (TPSA) is 46.5 Å². The molecule has 1 aromatic carbocycles. The van der Waals surface area contributed by atoms with Gasteiger partial charge in [0, 0.05) is 0 Å². The number of ether oxygens (including phenoxy) is 1. The van der Waals surface area contributed by atoms with E-state index in [-0.39, 0.29) is 0 Å². The van der Waals surface area contributed by atoms with E-state index in [1.807, 2.05) is 30.3 Å². The molecule has 1 aromatic rings. The Morgan fingerprint density at radius 1 is 1.43 bits per heavy atom. The van der Waals surface area contributed by atoms with Crippen molar-refractivity contribution in [2.75, 3.05) is 0 Å². The van der Waals surface area contributed by atoms with E-state index in [1.54, 1.807) is 6.92 Å². The Kier molecular flexibility index (Phi) is 4.13. The Balaban J connectivity index is 2.44. The Morgan fingerprint density at radius 2 is 2.07 bits per heavy atom. The van der Waals surface area contributed by atoms with E-state index >= 15 is 0 Å². The maximum Gasteiger partial charge on any atom is 0.332 e. The van der Waals surface area contributed by atoms with E-state index in [9.17, 15) is 4.79 Å². The van der Waals surface area contributed by atoms with E-state index in [0.29, 0.717) is 13.0 Å². The molecule has 0 spiro atoms. The molecule has 0 heterocycles. The Labute approximate surface area is 83.3 Å². The van der Waals surface area contributed by atoms with Gasteiger partial charge >= 0.3 is 5.97 Å². The van der Waals surface area contributed by atoms with Crippen molar-refractivity contribution in [1.82, 2.24) is 0 Å². The molecule has 0 bridgehead atoms. The minimum atomic E-state index is -0.900.